The maximum Gasteiger partial charge on any atom is 0.416 e. The van der Waals surface area contributed by atoms with Gasteiger partial charge in [-0.25, -0.2) is 9.78 Å². The minimum Gasteiger partial charge on any atom is -0.439 e. The van der Waals surface area contributed by atoms with E-state index in [9.17, 15) is 18.0 Å². The Kier molecular flexibility index (Phi) is 7.44. The summed E-state index contributed by atoms with van der Waals surface area (Å²) < 4.78 is 51.7. The predicted octanol–water partition coefficient (Wildman–Crippen LogP) is 5.71. The van der Waals surface area contributed by atoms with Gasteiger partial charge in [-0.1, -0.05) is 11.6 Å². The lowest BCUT2D eigenvalue weighted by Crippen LogP contribution is -2.41. The number of aryl methyl sites for hydroxylation is 1. The molecule has 0 unspecified atom stereocenters. The van der Waals surface area contributed by atoms with Crippen LogP contribution in [0.15, 0.2) is 30.5 Å². The molecule has 0 radical (unpaired) electrons. The summed E-state index contributed by atoms with van der Waals surface area (Å²) in [5.41, 5.74) is 2.01. The van der Waals surface area contributed by atoms with Gasteiger partial charge in [-0.05, 0) is 63.8 Å². The molecule has 3 saturated heterocycles. The molecule has 1 amide bonds. The molecule has 10 heteroatoms. The van der Waals surface area contributed by atoms with E-state index in [4.69, 9.17) is 14.5 Å². The van der Waals surface area contributed by atoms with E-state index in [1.54, 1.807) is 17.9 Å². The lowest BCUT2D eigenvalue weighted by Gasteiger charge is -2.37. The fraction of sp³-hybridized carbons (Fsp3) is 0.571. The first-order valence-corrected chi connectivity index (χ1v) is 13.4. The Morgan fingerprint density at radius 1 is 1.13 bits per heavy atom. The van der Waals surface area contributed by atoms with Gasteiger partial charge < -0.3 is 19.3 Å². The monoisotopic (exact) mass is 532 g/mol. The fourth-order valence-electron chi connectivity index (χ4n) is 5.67. The van der Waals surface area contributed by atoms with Crippen molar-refractivity contribution in [3.63, 3.8) is 0 Å². The number of hydrogen-bond acceptors (Lipinski definition) is 6. The molecule has 4 heterocycles. The molecular formula is C28H35F3N4O3. The van der Waals surface area contributed by atoms with Gasteiger partial charge in [0, 0.05) is 44.5 Å². The number of rotatable bonds is 7. The SMILES string of the molecule is CCN(c1ncc(N2CCC2)cc1CN1C(=O)O[C@H](c2cc(C)cc(C(F)(F)F)c2)[C@@H]1C)C1CCOCC1. The molecular weight excluding hydrogens is 497 g/mol. The second kappa shape index (κ2) is 10.6. The van der Waals surface area contributed by atoms with Crippen molar-refractivity contribution in [1.29, 1.82) is 0 Å². The molecule has 206 valence electrons. The van der Waals surface area contributed by atoms with Crippen LogP contribution in [0.4, 0.5) is 29.5 Å². The average molecular weight is 533 g/mol. The highest BCUT2D eigenvalue weighted by molar-refractivity contribution is 5.72. The number of aromatic nitrogens is 1. The molecule has 3 aliphatic rings. The van der Waals surface area contributed by atoms with E-state index in [0.717, 1.165) is 68.1 Å². The number of amides is 1. The van der Waals surface area contributed by atoms with Crippen LogP contribution < -0.4 is 9.80 Å². The van der Waals surface area contributed by atoms with Gasteiger partial charge >= 0.3 is 12.3 Å². The van der Waals surface area contributed by atoms with E-state index in [1.165, 1.54) is 0 Å². The van der Waals surface area contributed by atoms with Gasteiger partial charge in [-0.2, -0.15) is 13.2 Å². The van der Waals surface area contributed by atoms with E-state index < -0.39 is 30.0 Å². The number of nitrogens with zero attached hydrogens (tertiary/aromatic N) is 4. The van der Waals surface area contributed by atoms with E-state index in [0.29, 0.717) is 30.4 Å². The Bertz CT molecular complexity index is 1160. The van der Waals surface area contributed by atoms with Crippen LogP contribution in [0.1, 0.15) is 61.5 Å². The van der Waals surface area contributed by atoms with Crippen LogP contribution in [0, 0.1) is 6.92 Å². The molecule has 0 saturated carbocycles. The topological polar surface area (TPSA) is 58.1 Å². The number of halogens is 3. The number of cyclic esters (lactones) is 1. The molecule has 2 atom stereocenters. The maximum atomic E-state index is 13.5. The molecule has 0 aliphatic carbocycles. The van der Waals surface area contributed by atoms with Crippen molar-refractivity contribution < 1.29 is 27.4 Å². The highest BCUT2D eigenvalue weighted by atomic mass is 19.4. The minimum atomic E-state index is -4.47. The number of carbonyl (C=O) groups is 1. The number of pyridine rings is 1. The lowest BCUT2D eigenvalue weighted by molar-refractivity contribution is -0.137. The molecule has 5 rings (SSSR count). The number of anilines is 2. The number of hydrogen-bond donors (Lipinski definition) is 0. The van der Waals surface area contributed by atoms with Crippen LogP contribution in [0.25, 0.3) is 0 Å². The summed E-state index contributed by atoms with van der Waals surface area (Å²) >= 11 is 0. The first-order chi connectivity index (χ1) is 18.2. The Balaban J connectivity index is 1.45. The molecule has 1 aromatic heterocycles. The van der Waals surface area contributed by atoms with Gasteiger partial charge in [0.2, 0.25) is 0 Å². The molecule has 7 nitrogen and oxygen atoms in total. The summed E-state index contributed by atoms with van der Waals surface area (Å²) in [4.78, 5) is 24.1. The Hall–Kier alpha value is -3.01. The molecule has 3 fully saturated rings. The summed E-state index contributed by atoms with van der Waals surface area (Å²) in [7, 11) is 0. The van der Waals surface area contributed by atoms with Gasteiger partial charge in [0.25, 0.3) is 0 Å². The third-order valence-corrected chi connectivity index (χ3v) is 7.88. The van der Waals surface area contributed by atoms with Gasteiger partial charge in [0.15, 0.2) is 0 Å². The van der Waals surface area contributed by atoms with Crippen molar-refractivity contribution in [3.8, 4) is 0 Å². The van der Waals surface area contributed by atoms with Crippen molar-refractivity contribution >= 4 is 17.6 Å². The van der Waals surface area contributed by atoms with Crippen LogP contribution >= 0.6 is 0 Å². The zero-order chi connectivity index (χ0) is 27.0. The molecule has 1 aromatic carbocycles. The summed E-state index contributed by atoms with van der Waals surface area (Å²) in [5, 5.41) is 0. The zero-order valence-electron chi connectivity index (χ0n) is 22.1. The molecule has 2 aromatic rings. The third kappa shape index (κ3) is 5.28. The predicted molar refractivity (Wildman–Crippen MR) is 138 cm³/mol. The quantitative estimate of drug-likeness (QED) is 0.456. The van der Waals surface area contributed by atoms with Crippen LogP contribution in [0.3, 0.4) is 0 Å². The van der Waals surface area contributed by atoms with Crippen molar-refractivity contribution in [2.24, 2.45) is 0 Å². The summed E-state index contributed by atoms with van der Waals surface area (Å²) in [5.74, 6) is 0.835. The van der Waals surface area contributed by atoms with Crippen molar-refractivity contribution in [3.05, 3.63) is 52.7 Å². The summed E-state index contributed by atoms with van der Waals surface area (Å²) in [6.45, 7) is 9.92. The molecule has 0 N–H and O–H groups in total. The first-order valence-electron chi connectivity index (χ1n) is 13.4. The zero-order valence-corrected chi connectivity index (χ0v) is 22.1. The fourth-order valence-corrected chi connectivity index (χ4v) is 5.67. The van der Waals surface area contributed by atoms with Gasteiger partial charge in [0.1, 0.15) is 11.9 Å². The molecule has 38 heavy (non-hydrogen) atoms. The number of carbonyl (C=O) groups excluding carboxylic acids is 1. The highest BCUT2D eigenvalue weighted by Gasteiger charge is 2.42. The average Bonchev–Trinajstić information content (AvgIpc) is 3.13. The van der Waals surface area contributed by atoms with E-state index >= 15 is 0 Å². The minimum absolute atomic E-state index is 0.262. The molecule has 0 spiro atoms. The first kappa shape index (κ1) is 26.6. The second-order valence-electron chi connectivity index (χ2n) is 10.4. The largest absolute Gasteiger partial charge is 0.439 e. The highest BCUT2D eigenvalue weighted by Crippen LogP contribution is 2.39. The van der Waals surface area contributed by atoms with Gasteiger partial charge in [0.05, 0.1) is 30.0 Å². The van der Waals surface area contributed by atoms with E-state index in [2.05, 4.69) is 22.8 Å². The van der Waals surface area contributed by atoms with Crippen LogP contribution in [-0.4, -0.2) is 60.9 Å². The molecule has 0 bridgehead atoms. The van der Waals surface area contributed by atoms with Crippen molar-refractivity contribution in [1.82, 2.24) is 9.88 Å². The third-order valence-electron chi connectivity index (χ3n) is 7.88. The Morgan fingerprint density at radius 2 is 1.87 bits per heavy atom. The lowest BCUT2D eigenvalue weighted by atomic mass is 9.98. The van der Waals surface area contributed by atoms with E-state index in [-0.39, 0.29) is 6.54 Å². The van der Waals surface area contributed by atoms with Gasteiger partial charge in [-0.15, -0.1) is 0 Å². The smallest absolute Gasteiger partial charge is 0.416 e. The standard InChI is InChI=1S/C28H35F3N4O3/c1-4-34(23-6-10-37-11-7-23)26-21(15-24(16-32-26)33-8-5-9-33)17-35-19(3)25(38-27(35)36)20-12-18(2)13-22(14-20)28(29,30)31/h12-16,19,23,25H,4-11,17H2,1-3H3/t19-,25-/m0/s1. The second-order valence-corrected chi connectivity index (χ2v) is 10.4. The van der Waals surface area contributed by atoms with Crippen LogP contribution in [0.5, 0.6) is 0 Å². The Morgan fingerprint density at radius 3 is 2.50 bits per heavy atom. The Labute approximate surface area is 221 Å². The van der Waals surface area contributed by atoms with Gasteiger partial charge in [-0.3, -0.25) is 4.90 Å². The van der Waals surface area contributed by atoms with Crippen LogP contribution in [-0.2, 0) is 22.2 Å². The number of ether oxygens (including phenoxy) is 2. The normalized spacial score (nSPS) is 22.4. The summed E-state index contributed by atoms with van der Waals surface area (Å²) in [6.07, 6.45) is -0.960. The molecule has 3 aliphatic heterocycles. The van der Waals surface area contributed by atoms with Crippen molar-refractivity contribution in [2.45, 2.75) is 70.9 Å². The summed E-state index contributed by atoms with van der Waals surface area (Å²) in [6, 6.07) is 5.80. The number of alkyl halides is 3. The maximum absolute atomic E-state index is 13.5. The van der Waals surface area contributed by atoms with Crippen molar-refractivity contribution in [2.75, 3.05) is 42.6 Å². The number of benzene rings is 1. The van der Waals surface area contributed by atoms with Crippen LogP contribution in [0.2, 0.25) is 0 Å². The van der Waals surface area contributed by atoms with E-state index in [1.807, 2.05) is 13.1 Å².